The highest BCUT2D eigenvalue weighted by molar-refractivity contribution is 5.85. The summed E-state index contributed by atoms with van der Waals surface area (Å²) in [4.78, 5) is 15.4. The van der Waals surface area contributed by atoms with E-state index in [0.717, 1.165) is 33.6 Å². The zero-order valence-electron chi connectivity index (χ0n) is 17.3. The second-order valence-electron chi connectivity index (χ2n) is 7.05. The van der Waals surface area contributed by atoms with Gasteiger partial charge in [0.2, 0.25) is 5.82 Å². The van der Waals surface area contributed by atoms with E-state index < -0.39 is 12.0 Å². The van der Waals surface area contributed by atoms with Crippen LogP contribution in [0.1, 0.15) is 5.56 Å². The van der Waals surface area contributed by atoms with Crippen molar-refractivity contribution in [2.24, 2.45) is 5.73 Å². The molecule has 7 nitrogen and oxygen atoms in total. The molecule has 0 saturated carbocycles. The van der Waals surface area contributed by atoms with E-state index in [0.29, 0.717) is 11.7 Å². The largest absolute Gasteiger partial charge is 0.496 e. The standard InChI is InChI=1S/C24H21N3O4.ClH/c1-30-21-12-11-18(14-19(21)16-5-3-2-4-6-16)23-26-22(27-31-23)17-9-7-15(8-10-17)13-20(25)24(28)29;/h2-12,14,20H,13,25H2,1H3,(H,28,29);1H/t20-;/m0./s1. The molecule has 32 heavy (non-hydrogen) atoms. The van der Waals surface area contributed by atoms with Gasteiger partial charge in [-0.1, -0.05) is 59.8 Å². The van der Waals surface area contributed by atoms with Gasteiger partial charge < -0.3 is 20.1 Å². The number of aliphatic carboxylic acids is 1. The lowest BCUT2D eigenvalue weighted by atomic mass is 10.0. The van der Waals surface area contributed by atoms with E-state index in [4.69, 9.17) is 20.1 Å². The van der Waals surface area contributed by atoms with Crippen LogP contribution >= 0.6 is 12.4 Å². The molecule has 164 valence electrons. The van der Waals surface area contributed by atoms with E-state index in [1.54, 1.807) is 7.11 Å². The first kappa shape index (κ1) is 23.0. The number of hydrogen-bond acceptors (Lipinski definition) is 6. The van der Waals surface area contributed by atoms with E-state index in [1.165, 1.54) is 0 Å². The third kappa shape index (κ3) is 4.96. The molecule has 4 rings (SSSR count). The summed E-state index contributed by atoms with van der Waals surface area (Å²) in [6.07, 6.45) is 0.251. The van der Waals surface area contributed by atoms with Crippen LogP contribution in [0.15, 0.2) is 77.3 Å². The van der Waals surface area contributed by atoms with Gasteiger partial charge in [0.05, 0.1) is 7.11 Å². The normalized spacial score (nSPS) is 11.4. The number of carboxylic acid groups (broad SMARTS) is 1. The van der Waals surface area contributed by atoms with Crippen molar-refractivity contribution in [2.75, 3.05) is 7.11 Å². The van der Waals surface area contributed by atoms with Gasteiger partial charge in [0.1, 0.15) is 11.8 Å². The maximum Gasteiger partial charge on any atom is 0.320 e. The molecular weight excluding hydrogens is 430 g/mol. The Morgan fingerprint density at radius 3 is 2.38 bits per heavy atom. The Kier molecular flexibility index (Phi) is 7.25. The van der Waals surface area contributed by atoms with Crippen LogP contribution < -0.4 is 10.5 Å². The van der Waals surface area contributed by atoms with Gasteiger partial charge in [-0.2, -0.15) is 4.98 Å². The molecule has 0 amide bonds. The zero-order chi connectivity index (χ0) is 21.8. The van der Waals surface area contributed by atoms with Gasteiger partial charge in [-0.3, -0.25) is 4.79 Å². The lowest BCUT2D eigenvalue weighted by Gasteiger charge is -2.09. The lowest BCUT2D eigenvalue weighted by molar-refractivity contribution is -0.138. The summed E-state index contributed by atoms with van der Waals surface area (Å²) in [5.74, 6) is 0.569. The number of hydrogen-bond donors (Lipinski definition) is 2. The van der Waals surface area contributed by atoms with Gasteiger partial charge in [-0.25, -0.2) is 0 Å². The first-order chi connectivity index (χ1) is 15.0. The molecule has 4 aromatic rings. The molecule has 0 aliphatic carbocycles. The highest BCUT2D eigenvalue weighted by Gasteiger charge is 2.15. The van der Waals surface area contributed by atoms with Crippen molar-refractivity contribution in [3.63, 3.8) is 0 Å². The molecule has 1 aromatic heterocycles. The van der Waals surface area contributed by atoms with Crippen LogP contribution in [0.3, 0.4) is 0 Å². The molecule has 0 radical (unpaired) electrons. The maximum atomic E-state index is 10.9. The predicted molar refractivity (Wildman–Crippen MR) is 124 cm³/mol. The Bertz CT molecular complexity index is 1190. The fourth-order valence-corrected chi connectivity index (χ4v) is 3.27. The molecule has 0 saturated heterocycles. The zero-order valence-corrected chi connectivity index (χ0v) is 18.1. The van der Waals surface area contributed by atoms with Gasteiger partial charge in [-0.05, 0) is 35.7 Å². The van der Waals surface area contributed by atoms with Crippen molar-refractivity contribution >= 4 is 18.4 Å². The van der Waals surface area contributed by atoms with Crippen molar-refractivity contribution in [3.05, 3.63) is 78.4 Å². The van der Waals surface area contributed by atoms with Crippen molar-refractivity contribution in [2.45, 2.75) is 12.5 Å². The van der Waals surface area contributed by atoms with Gasteiger partial charge >= 0.3 is 5.97 Å². The lowest BCUT2D eigenvalue weighted by Crippen LogP contribution is -2.32. The minimum atomic E-state index is -1.03. The molecule has 0 bridgehead atoms. The second kappa shape index (κ2) is 10.1. The summed E-state index contributed by atoms with van der Waals surface area (Å²) >= 11 is 0. The summed E-state index contributed by atoms with van der Waals surface area (Å²) < 4.78 is 11.0. The molecule has 0 fully saturated rings. The molecule has 1 atom stereocenters. The van der Waals surface area contributed by atoms with Crippen molar-refractivity contribution in [1.29, 1.82) is 0 Å². The van der Waals surface area contributed by atoms with Crippen molar-refractivity contribution in [3.8, 4) is 39.7 Å². The molecule has 8 heteroatoms. The van der Waals surface area contributed by atoms with Crippen LogP contribution in [0.25, 0.3) is 34.0 Å². The smallest absolute Gasteiger partial charge is 0.320 e. The van der Waals surface area contributed by atoms with Crippen LogP contribution in [0.5, 0.6) is 5.75 Å². The molecule has 0 aliphatic heterocycles. The number of halogens is 1. The van der Waals surface area contributed by atoms with Crippen LogP contribution in [-0.2, 0) is 11.2 Å². The minimum Gasteiger partial charge on any atom is -0.496 e. The summed E-state index contributed by atoms with van der Waals surface area (Å²) in [6.45, 7) is 0. The Labute approximate surface area is 191 Å². The molecular formula is C24H22ClN3O4. The molecule has 0 unspecified atom stereocenters. The van der Waals surface area contributed by atoms with Crippen LogP contribution in [0.2, 0.25) is 0 Å². The third-order valence-electron chi connectivity index (χ3n) is 4.94. The van der Waals surface area contributed by atoms with Crippen molar-refractivity contribution < 1.29 is 19.2 Å². The molecule has 0 aliphatic rings. The van der Waals surface area contributed by atoms with Gasteiger partial charge in [0.15, 0.2) is 0 Å². The summed E-state index contributed by atoms with van der Waals surface area (Å²) in [5, 5.41) is 13.0. The Hall–Kier alpha value is -3.68. The predicted octanol–water partition coefficient (Wildman–Crippen LogP) is 4.46. The number of rotatable bonds is 7. The highest BCUT2D eigenvalue weighted by atomic mass is 35.5. The van der Waals surface area contributed by atoms with Crippen LogP contribution in [0.4, 0.5) is 0 Å². The highest BCUT2D eigenvalue weighted by Crippen LogP contribution is 2.34. The molecule has 3 N–H and O–H groups in total. The number of nitrogens with two attached hydrogens (primary N) is 1. The van der Waals surface area contributed by atoms with Crippen LogP contribution in [-0.4, -0.2) is 34.4 Å². The number of aromatic nitrogens is 2. The molecule has 1 heterocycles. The maximum absolute atomic E-state index is 10.9. The number of nitrogens with zero attached hydrogens (tertiary/aromatic N) is 2. The van der Waals surface area contributed by atoms with E-state index >= 15 is 0 Å². The first-order valence-electron chi connectivity index (χ1n) is 9.70. The van der Waals surface area contributed by atoms with Gasteiger partial charge in [-0.15, -0.1) is 12.4 Å². The number of carboxylic acids is 1. The fourth-order valence-electron chi connectivity index (χ4n) is 3.27. The fraction of sp³-hybridized carbons (Fsp3) is 0.125. The summed E-state index contributed by atoms with van der Waals surface area (Å²) in [7, 11) is 1.64. The Balaban J connectivity index is 0.00000289. The summed E-state index contributed by atoms with van der Waals surface area (Å²) in [5.41, 5.74) is 9.91. The van der Waals surface area contributed by atoms with Gasteiger partial charge in [0.25, 0.3) is 5.89 Å². The van der Waals surface area contributed by atoms with Gasteiger partial charge in [0, 0.05) is 16.7 Å². The minimum absolute atomic E-state index is 0. The Morgan fingerprint density at radius 2 is 1.72 bits per heavy atom. The van der Waals surface area contributed by atoms with E-state index in [-0.39, 0.29) is 18.8 Å². The topological polar surface area (TPSA) is 111 Å². The number of methoxy groups -OCH3 is 1. The number of carbonyl (C=O) groups is 1. The SMILES string of the molecule is COc1ccc(-c2nc(-c3ccc(C[C@H](N)C(=O)O)cc3)no2)cc1-c1ccccc1.Cl. The molecule has 3 aromatic carbocycles. The number of benzene rings is 3. The molecule has 0 spiro atoms. The average molecular weight is 452 g/mol. The second-order valence-corrected chi connectivity index (χ2v) is 7.05. The summed E-state index contributed by atoms with van der Waals surface area (Å²) in [6, 6.07) is 22.0. The Morgan fingerprint density at radius 1 is 1.03 bits per heavy atom. The average Bonchev–Trinajstić information content (AvgIpc) is 3.30. The van der Waals surface area contributed by atoms with Crippen molar-refractivity contribution in [1.82, 2.24) is 10.1 Å². The number of ether oxygens (including phenoxy) is 1. The van der Waals surface area contributed by atoms with E-state index in [9.17, 15) is 4.79 Å². The van der Waals surface area contributed by atoms with E-state index in [2.05, 4.69) is 10.1 Å². The first-order valence-corrected chi connectivity index (χ1v) is 9.70. The monoisotopic (exact) mass is 451 g/mol. The quantitative estimate of drug-likeness (QED) is 0.426. The third-order valence-corrected chi connectivity index (χ3v) is 4.94. The van der Waals surface area contributed by atoms with E-state index in [1.807, 2.05) is 72.8 Å². The van der Waals surface area contributed by atoms with Crippen LogP contribution in [0, 0.1) is 0 Å².